The third kappa shape index (κ3) is 4.80. The van der Waals surface area contributed by atoms with Crippen LogP contribution in [0.2, 0.25) is 0 Å². The summed E-state index contributed by atoms with van der Waals surface area (Å²) in [5, 5.41) is 0. The summed E-state index contributed by atoms with van der Waals surface area (Å²) in [5.74, 6) is 0. The normalized spacial score (nSPS) is 21.6. The van der Waals surface area contributed by atoms with Gasteiger partial charge in [-0.15, -0.1) is 0 Å². The molecule has 2 rings (SSSR count). The highest BCUT2D eigenvalue weighted by molar-refractivity contribution is 5.14. The molecule has 0 aliphatic carbocycles. The molecular weight excluding hydrogens is 260 g/mol. The molecule has 0 aromatic heterocycles. The summed E-state index contributed by atoms with van der Waals surface area (Å²) in [6.07, 6.45) is 1.11. The minimum atomic E-state index is 0.233. The van der Waals surface area contributed by atoms with Gasteiger partial charge >= 0.3 is 0 Å². The molecule has 0 N–H and O–H groups in total. The second-order valence-electron chi connectivity index (χ2n) is 7.02. The maximum atomic E-state index is 5.31. The quantitative estimate of drug-likeness (QED) is 0.829. The highest BCUT2D eigenvalue weighted by atomic mass is 16.5. The van der Waals surface area contributed by atoms with Crippen molar-refractivity contribution in [2.45, 2.75) is 45.3 Å². The average molecular weight is 290 g/mol. The number of hydrogen-bond acceptors (Lipinski definition) is 3. The number of benzene rings is 1. The van der Waals surface area contributed by atoms with Crippen molar-refractivity contribution in [1.82, 2.24) is 9.80 Å². The SMILES string of the molecule is COCCC1CN(Cc2ccccc2)CCN1C(C)(C)C. The molecule has 1 heterocycles. The van der Waals surface area contributed by atoms with Crippen molar-refractivity contribution in [2.24, 2.45) is 0 Å². The fourth-order valence-corrected chi connectivity index (χ4v) is 3.29. The lowest BCUT2D eigenvalue weighted by Gasteiger charge is -2.48. The van der Waals surface area contributed by atoms with Gasteiger partial charge in [-0.3, -0.25) is 9.80 Å². The lowest BCUT2D eigenvalue weighted by atomic mass is 9.98. The predicted molar refractivity (Wildman–Crippen MR) is 88.5 cm³/mol. The van der Waals surface area contributed by atoms with Crippen molar-refractivity contribution in [1.29, 1.82) is 0 Å². The zero-order valence-electron chi connectivity index (χ0n) is 14.0. The third-order valence-corrected chi connectivity index (χ3v) is 4.33. The summed E-state index contributed by atoms with van der Waals surface area (Å²) in [6, 6.07) is 11.4. The summed E-state index contributed by atoms with van der Waals surface area (Å²) in [4.78, 5) is 5.23. The molecule has 21 heavy (non-hydrogen) atoms. The van der Waals surface area contributed by atoms with Crippen molar-refractivity contribution >= 4 is 0 Å². The van der Waals surface area contributed by atoms with Crippen molar-refractivity contribution in [3.8, 4) is 0 Å². The van der Waals surface area contributed by atoms with Gasteiger partial charge in [-0.1, -0.05) is 30.3 Å². The lowest BCUT2D eigenvalue weighted by molar-refractivity contribution is -0.00545. The van der Waals surface area contributed by atoms with E-state index in [2.05, 4.69) is 60.9 Å². The summed E-state index contributed by atoms with van der Waals surface area (Å²) in [5.41, 5.74) is 1.64. The molecule has 1 saturated heterocycles. The van der Waals surface area contributed by atoms with Gasteiger partial charge in [0, 0.05) is 51.5 Å². The van der Waals surface area contributed by atoms with Crippen molar-refractivity contribution in [3.05, 3.63) is 35.9 Å². The molecule has 0 bridgehead atoms. The summed E-state index contributed by atoms with van der Waals surface area (Å²) in [6.45, 7) is 12.3. The van der Waals surface area contributed by atoms with E-state index in [1.54, 1.807) is 7.11 Å². The largest absolute Gasteiger partial charge is 0.385 e. The van der Waals surface area contributed by atoms with Gasteiger partial charge in [0.05, 0.1) is 0 Å². The third-order valence-electron chi connectivity index (χ3n) is 4.33. The first-order valence-corrected chi connectivity index (χ1v) is 8.02. The van der Waals surface area contributed by atoms with Crippen LogP contribution in [-0.2, 0) is 11.3 Å². The van der Waals surface area contributed by atoms with E-state index in [4.69, 9.17) is 4.74 Å². The first-order chi connectivity index (χ1) is 10.0. The minimum Gasteiger partial charge on any atom is -0.385 e. The summed E-state index contributed by atoms with van der Waals surface area (Å²) < 4.78 is 5.31. The minimum absolute atomic E-state index is 0.233. The molecule has 1 unspecified atom stereocenters. The Balaban J connectivity index is 1.99. The number of ether oxygens (including phenoxy) is 1. The van der Waals surface area contributed by atoms with E-state index in [1.165, 1.54) is 5.56 Å². The zero-order valence-corrected chi connectivity index (χ0v) is 14.0. The molecule has 1 aliphatic heterocycles. The summed E-state index contributed by atoms with van der Waals surface area (Å²) in [7, 11) is 1.80. The van der Waals surface area contributed by atoms with Crippen LogP contribution < -0.4 is 0 Å². The molecule has 1 aromatic rings. The summed E-state index contributed by atoms with van der Waals surface area (Å²) >= 11 is 0. The number of rotatable bonds is 5. The first-order valence-electron chi connectivity index (χ1n) is 8.02. The molecule has 118 valence electrons. The molecule has 0 saturated carbocycles. The maximum absolute atomic E-state index is 5.31. The fraction of sp³-hybridized carbons (Fsp3) is 0.667. The average Bonchev–Trinajstić information content (AvgIpc) is 2.45. The Morgan fingerprint density at radius 3 is 2.48 bits per heavy atom. The number of hydrogen-bond donors (Lipinski definition) is 0. The van der Waals surface area contributed by atoms with Gasteiger partial charge in [-0.2, -0.15) is 0 Å². The molecule has 0 spiro atoms. The van der Waals surface area contributed by atoms with E-state index in [0.717, 1.165) is 39.2 Å². The van der Waals surface area contributed by atoms with Crippen molar-refractivity contribution < 1.29 is 4.74 Å². The fourth-order valence-electron chi connectivity index (χ4n) is 3.29. The van der Waals surface area contributed by atoms with Crippen LogP contribution in [0.1, 0.15) is 32.8 Å². The van der Waals surface area contributed by atoms with E-state index >= 15 is 0 Å². The lowest BCUT2D eigenvalue weighted by Crippen LogP contribution is -2.59. The van der Waals surface area contributed by atoms with Crippen LogP contribution in [-0.4, -0.2) is 54.7 Å². The number of nitrogens with zero attached hydrogens (tertiary/aromatic N) is 2. The van der Waals surface area contributed by atoms with Crippen LogP contribution in [0.3, 0.4) is 0 Å². The Kier molecular flexibility index (Phi) is 5.80. The van der Waals surface area contributed by atoms with Crippen LogP contribution in [0.4, 0.5) is 0 Å². The van der Waals surface area contributed by atoms with Crippen LogP contribution in [0.25, 0.3) is 0 Å². The van der Waals surface area contributed by atoms with Gasteiger partial charge in [0.15, 0.2) is 0 Å². The van der Waals surface area contributed by atoms with Gasteiger partial charge in [-0.25, -0.2) is 0 Å². The maximum Gasteiger partial charge on any atom is 0.0477 e. The number of piperazine rings is 1. The molecule has 1 aromatic carbocycles. The Morgan fingerprint density at radius 1 is 1.14 bits per heavy atom. The second-order valence-corrected chi connectivity index (χ2v) is 7.02. The molecule has 1 fully saturated rings. The molecule has 0 amide bonds. The number of methoxy groups -OCH3 is 1. The van der Waals surface area contributed by atoms with E-state index in [9.17, 15) is 0 Å². The van der Waals surface area contributed by atoms with Crippen LogP contribution in [0.5, 0.6) is 0 Å². The highest BCUT2D eigenvalue weighted by Crippen LogP contribution is 2.24. The predicted octanol–water partition coefficient (Wildman–Crippen LogP) is 3.01. The molecule has 0 radical (unpaired) electrons. The van der Waals surface area contributed by atoms with Gasteiger partial charge in [0.1, 0.15) is 0 Å². The van der Waals surface area contributed by atoms with Gasteiger partial charge in [0.2, 0.25) is 0 Å². The topological polar surface area (TPSA) is 15.7 Å². The van der Waals surface area contributed by atoms with E-state index in [1.807, 2.05) is 0 Å². The second kappa shape index (κ2) is 7.39. The molecular formula is C18H30N2O. The molecule has 3 nitrogen and oxygen atoms in total. The van der Waals surface area contributed by atoms with E-state index in [0.29, 0.717) is 6.04 Å². The Bertz CT molecular complexity index is 413. The first kappa shape index (κ1) is 16.5. The van der Waals surface area contributed by atoms with Crippen molar-refractivity contribution in [3.63, 3.8) is 0 Å². The zero-order chi connectivity index (χ0) is 15.3. The Labute approximate surface area is 129 Å². The van der Waals surface area contributed by atoms with Gasteiger partial charge < -0.3 is 4.74 Å². The standard InChI is InChI=1S/C18H30N2O/c1-18(2,3)20-12-11-19(15-17(20)10-13-21-4)14-16-8-6-5-7-9-16/h5-9,17H,10-15H2,1-4H3. The van der Waals surface area contributed by atoms with Crippen LogP contribution >= 0.6 is 0 Å². The molecule has 3 heteroatoms. The molecule has 1 atom stereocenters. The van der Waals surface area contributed by atoms with Crippen LogP contribution in [0, 0.1) is 0 Å². The van der Waals surface area contributed by atoms with Gasteiger partial charge in [0.25, 0.3) is 0 Å². The van der Waals surface area contributed by atoms with Crippen molar-refractivity contribution in [2.75, 3.05) is 33.4 Å². The highest BCUT2D eigenvalue weighted by Gasteiger charge is 2.33. The smallest absolute Gasteiger partial charge is 0.0477 e. The molecule has 1 aliphatic rings. The Hall–Kier alpha value is -0.900. The van der Waals surface area contributed by atoms with E-state index < -0.39 is 0 Å². The monoisotopic (exact) mass is 290 g/mol. The van der Waals surface area contributed by atoms with Crippen LogP contribution in [0.15, 0.2) is 30.3 Å². The van der Waals surface area contributed by atoms with E-state index in [-0.39, 0.29) is 5.54 Å². The Morgan fingerprint density at radius 2 is 1.86 bits per heavy atom. The van der Waals surface area contributed by atoms with Gasteiger partial charge in [-0.05, 0) is 32.8 Å².